The molecule has 0 N–H and O–H groups in total. The Morgan fingerprint density at radius 1 is 1.25 bits per heavy atom. The maximum Gasteiger partial charge on any atom is 0.000628 e. The van der Waals surface area contributed by atoms with Crippen molar-refractivity contribution in [3.63, 3.8) is 0 Å². The molecule has 2 unspecified atom stereocenters. The predicted octanol–water partition coefficient (Wildman–Crippen LogP) is 3.74. The highest BCUT2D eigenvalue weighted by Gasteiger charge is 2.29. The number of rotatable bonds is 1. The lowest BCUT2D eigenvalue weighted by Gasteiger charge is -2.25. The van der Waals surface area contributed by atoms with Crippen LogP contribution in [0.15, 0.2) is 12.2 Å². The first kappa shape index (κ1) is 8.34. The Hall–Kier alpha value is -0.260. The largest absolute Gasteiger partial charge is 0.0879 e. The van der Waals surface area contributed by atoms with Crippen molar-refractivity contribution in [2.24, 2.45) is 11.8 Å². The summed E-state index contributed by atoms with van der Waals surface area (Å²) in [4.78, 5) is 0. The van der Waals surface area contributed by atoms with Crippen LogP contribution < -0.4 is 0 Å². The fourth-order valence-electron chi connectivity index (χ4n) is 2.75. The van der Waals surface area contributed by atoms with Crippen LogP contribution in [0.5, 0.6) is 0 Å². The van der Waals surface area contributed by atoms with Crippen molar-refractivity contribution in [2.45, 2.75) is 45.4 Å². The molecule has 67 valence electrons. The van der Waals surface area contributed by atoms with E-state index in [1.807, 2.05) is 0 Å². The maximum atomic E-state index is 2.42. The van der Waals surface area contributed by atoms with E-state index in [0.717, 1.165) is 11.8 Å². The SMILES string of the molecule is CC1CCCC1[C]1C=CCCC1. The molecule has 12 heavy (non-hydrogen) atoms. The van der Waals surface area contributed by atoms with Gasteiger partial charge in [-0.2, -0.15) is 0 Å². The smallest absolute Gasteiger partial charge is 0.000628 e. The minimum atomic E-state index is 0.946. The fraction of sp³-hybridized carbons (Fsp3) is 0.750. The van der Waals surface area contributed by atoms with Crippen molar-refractivity contribution in [1.29, 1.82) is 0 Å². The van der Waals surface area contributed by atoms with Gasteiger partial charge in [-0.3, -0.25) is 0 Å². The minimum Gasteiger partial charge on any atom is -0.0879 e. The average Bonchev–Trinajstić information content (AvgIpc) is 2.53. The van der Waals surface area contributed by atoms with Crippen molar-refractivity contribution < 1.29 is 0 Å². The summed E-state index contributed by atoms with van der Waals surface area (Å²) in [6.45, 7) is 2.42. The zero-order valence-electron chi connectivity index (χ0n) is 8.05. The van der Waals surface area contributed by atoms with Crippen molar-refractivity contribution in [3.05, 3.63) is 18.1 Å². The van der Waals surface area contributed by atoms with Crippen molar-refractivity contribution >= 4 is 0 Å². The van der Waals surface area contributed by atoms with Gasteiger partial charge in [0, 0.05) is 5.92 Å². The lowest BCUT2D eigenvalue weighted by atomic mass is 9.79. The number of hydrogen-bond donors (Lipinski definition) is 0. The van der Waals surface area contributed by atoms with Gasteiger partial charge in [0.1, 0.15) is 0 Å². The van der Waals surface area contributed by atoms with E-state index >= 15 is 0 Å². The molecule has 1 saturated carbocycles. The number of allylic oxidation sites excluding steroid dienone is 2. The first-order valence-corrected chi connectivity index (χ1v) is 5.40. The highest BCUT2D eigenvalue weighted by molar-refractivity contribution is 5.17. The standard InChI is InChI=1S/C12H19/c1-10-6-5-9-12(10)11-7-3-2-4-8-11/h3,7,10,12H,2,4-6,8-9H2,1H3. The zero-order valence-corrected chi connectivity index (χ0v) is 8.05. The van der Waals surface area contributed by atoms with Gasteiger partial charge in [-0.1, -0.05) is 31.9 Å². The van der Waals surface area contributed by atoms with Gasteiger partial charge in [0.15, 0.2) is 0 Å². The molecule has 0 heteroatoms. The number of hydrogen-bond acceptors (Lipinski definition) is 0. The Morgan fingerprint density at radius 3 is 2.75 bits per heavy atom. The fourth-order valence-corrected chi connectivity index (χ4v) is 2.75. The molecule has 0 aromatic carbocycles. The van der Waals surface area contributed by atoms with Gasteiger partial charge >= 0.3 is 0 Å². The van der Waals surface area contributed by atoms with Gasteiger partial charge < -0.3 is 0 Å². The highest BCUT2D eigenvalue weighted by atomic mass is 14.3. The summed E-state index contributed by atoms with van der Waals surface area (Å²) in [5.41, 5.74) is 0. The topological polar surface area (TPSA) is 0 Å². The molecule has 1 fully saturated rings. The molecule has 2 atom stereocenters. The van der Waals surface area contributed by atoms with Crippen LogP contribution in [-0.4, -0.2) is 0 Å². The van der Waals surface area contributed by atoms with Crippen molar-refractivity contribution in [3.8, 4) is 0 Å². The molecule has 2 rings (SSSR count). The Kier molecular flexibility index (Phi) is 2.53. The summed E-state index contributed by atoms with van der Waals surface area (Å²) in [6, 6.07) is 0. The van der Waals surface area contributed by atoms with E-state index in [9.17, 15) is 0 Å². The van der Waals surface area contributed by atoms with Crippen LogP contribution in [0.1, 0.15) is 45.4 Å². The van der Waals surface area contributed by atoms with E-state index in [1.54, 1.807) is 5.92 Å². The van der Waals surface area contributed by atoms with Crippen LogP contribution in [-0.2, 0) is 0 Å². The lowest BCUT2D eigenvalue weighted by molar-refractivity contribution is 0.423. The van der Waals surface area contributed by atoms with Crippen LogP contribution in [0.4, 0.5) is 0 Å². The van der Waals surface area contributed by atoms with Gasteiger partial charge in [0.05, 0.1) is 0 Å². The quantitative estimate of drug-likeness (QED) is 0.552. The van der Waals surface area contributed by atoms with E-state index in [-0.39, 0.29) is 0 Å². The molecule has 1 radical (unpaired) electrons. The second-order valence-electron chi connectivity index (χ2n) is 4.38. The second-order valence-corrected chi connectivity index (χ2v) is 4.38. The Morgan fingerprint density at radius 2 is 2.17 bits per heavy atom. The Labute approximate surface area is 76.1 Å². The summed E-state index contributed by atoms with van der Waals surface area (Å²) in [5.74, 6) is 3.66. The van der Waals surface area contributed by atoms with Gasteiger partial charge in [0.2, 0.25) is 0 Å². The van der Waals surface area contributed by atoms with E-state index in [0.29, 0.717) is 0 Å². The molecular formula is C12H19. The van der Waals surface area contributed by atoms with E-state index < -0.39 is 0 Å². The molecular weight excluding hydrogens is 144 g/mol. The normalized spacial score (nSPS) is 37.4. The zero-order chi connectivity index (χ0) is 8.39. The predicted molar refractivity (Wildman–Crippen MR) is 52.7 cm³/mol. The van der Waals surface area contributed by atoms with E-state index in [4.69, 9.17) is 0 Å². The molecule has 0 spiro atoms. The molecule has 0 heterocycles. The molecule has 2 aliphatic rings. The highest BCUT2D eigenvalue weighted by Crippen LogP contribution is 2.41. The molecule has 0 aromatic rings. The van der Waals surface area contributed by atoms with E-state index in [2.05, 4.69) is 19.1 Å². The van der Waals surface area contributed by atoms with Crippen LogP contribution in [0.2, 0.25) is 0 Å². The van der Waals surface area contributed by atoms with Gasteiger partial charge in [-0.15, -0.1) is 0 Å². The molecule has 0 nitrogen and oxygen atoms in total. The van der Waals surface area contributed by atoms with Crippen LogP contribution >= 0.6 is 0 Å². The van der Waals surface area contributed by atoms with Crippen molar-refractivity contribution in [1.82, 2.24) is 0 Å². The molecule has 2 aliphatic carbocycles. The van der Waals surface area contributed by atoms with Crippen LogP contribution in [0.25, 0.3) is 0 Å². The monoisotopic (exact) mass is 163 g/mol. The summed E-state index contributed by atoms with van der Waals surface area (Å²) >= 11 is 0. The molecule has 0 bridgehead atoms. The van der Waals surface area contributed by atoms with Crippen LogP contribution in [0.3, 0.4) is 0 Å². The first-order valence-electron chi connectivity index (χ1n) is 5.40. The van der Waals surface area contributed by atoms with Gasteiger partial charge in [-0.05, 0) is 37.5 Å². The second kappa shape index (κ2) is 3.64. The Bertz CT molecular complexity index is 169. The minimum absolute atomic E-state index is 0.946. The maximum absolute atomic E-state index is 2.42. The Balaban J connectivity index is 1.98. The van der Waals surface area contributed by atoms with Crippen LogP contribution in [0, 0.1) is 17.8 Å². The lowest BCUT2D eigenvalue weighted by Crippen LogP contribution is -2.14. The molecule has 0 saturated heterocycles. The van der Waals surface area contributed by atoms with Crippen molar-refractivity contribution in [2.75, 3.05) is 0 Å². The molecule has 0 aliphatic heterocycles. The van der Waals surface area contributed by atoms with E-state index in [1.165, 1.54) is 38.5 Å². The van der Waals surface area contributed by atoms with Gasteiger partial charge in [0.25, 0.3) is 0 Å². The third-order valence-electron chi connectivity index (χ3n) is 3.51. The summed E-state index contributed by atoms with van der Waals surface area (Å²) in [6.07, 6.45) is 13.2. The van der Waals surface area contributed by atoms with Gasteiger partial charge in [-0.25, -0.2) is 0 Å². The average molecular weight is 163 g/mol. The third-order valence-corrected chi connectivity index (χ3v) is 3.51. The molecule has 0 aromatic heterocycles. The summed E-state index contributed by atoms with van der Waals surface area (Å²) in [7, 11) is 0. The summed E-state index contributed by atoms with van der Waals surface area (Å²) in [5, 5.41) is 0. The third kappa shape index (κ3) is 1.57. The molecule has 0 amide bonds. The first-order chi connectivity index (χ1) is 5.88. The summed E-state index contributed by atoms with van der Waals surface area (Å²) < 4.78 is 0.